The summed E-state index contributed by atoms with van der Waals surface area (Å²) in [5.74, 6) is 0.847. The minimum atomic E-state index is -0.359. The van der Waals surface area contributed by atoms with E-state index in [-0.39, 0.29) is 5.91 Å². The molecule has 1 aromatic rings. The predicted molar refractivity (Wildman–Crippen MR) is 81.4 cm³/mol. The molecule has 1 aliphatic rings. The van der Waals surface area contributed by atoms with Gasteiger partial charge in [-0.15, -0.1) is 0 Å². The number of nitrogens with one attached hydrogen (secondary N) is 1. The molecule has 0 spiro atoms. The Morgan fingerprint density at radius 3 is 3.05 bits per heavy atom. The quantitative estimate of drug-likeness (QED) is 0.841. The Bertz CT molecular complexity index is 436. The number of primary amides is 1. The molecular formula is C15H22N2OS. The Labute approximate surface area is 119 Å². The van der Waals surface area contributed by atoms with E-state index in [2.05, 4.69) is 24.0 Å². The maximum absolute atomic E-state index is 11.1. The SMILES string of the molecule is CCSC1CCC(NCc2cccc(C(N)=O)c2)C1. The number of hydrogen-bond donors (Lipinski definition) is 2. The lowest BCUT2D eigenvalue weighted by Crippen LogP contribution is -2.26. The highest BCUT2D eigenvalue weighted by Gasteiger charge is 2.23. The average Bonchev–Trinajstić information content (AvgIpc) is 2.85. The zero-order valence-corrected chi connectivity index (χ0v) is 12.2. The largest absolute Gasteiger partial charge is 0.366 e. The predicted octanol–water partition coefficient (Wildman–Crippen LogP) is 2.55. The standard InChI is InChI=1S/C15H22N2OS/c1-2-19-14-7-6-13(9-14)17-10-11-4-3-5-12(8-11)15(16)18/h3-5,8,13-14,17H,2,6-7,9-10H2,1H3,(H2,16,18). The molecule has 1 aliphatic carbocycles. The van der Waals surface area contributed by atoms with Crippen molar-refractivity contribution < 1.29 is 4.79 Å². The first kappa shape index (κ1) is 14.4. The molecule has 3 nitrogen and oxygen atoms in total. The molecule has 104 valence electrons. The maximum atomic E-state index is 11.1. The van der Waals surface area contributed by atoms with E-state index >= 15 is 0 Å². The van der Waals surface area contributed by atoms with Crippen LogP contribution < -0.4 is 11.1 Å². The summed E-state index contributed by atoms with van der Waals surface area (Å²) in [4.78, 5) is 11.1. The molecule has 0 bridgehead atoms. The first-order chi connectivity index (χ1) is 9.19. The first-order valence-corrected chi connectivity index (χ1v) is 7.97. The average molecular weight is 278 g/mol. The third-order valence-corrected chi connectivity index (χ3v) is 4.83. The minimum absolute atomic E-state index is 0.359. The van der Waals surface area contributed by atoms with Crippen LogP contribution in [0, 0.1) is 0 Å². The van der Waals surface area contributed by atoms with E-state index in [9.17, 15) is 4.79 Å². The fourth-order valence-corrected chi connectivity index (χ4v) is 3.75. The van der Waals surface area contributed by atoms with Gasteiger partial charge >= 0.3 is 0 Å². The van der Waals surface area contributed by atoms with Crippen LogP contribution in [0.5, 0.6) is 0 Å². The first-order valence-electron chi connectivity index (χ1n) is 6.92. The number of carbonyl (C=O) groups is 1. The van der Waals surface area contributed by atoms with Gasteiger partial charge in [0.25, 0.3) is 0 Å². The number of rotatable bonds is 6. The van der Waals surface area contributed by atoms with Crippen molar-refractivity contribution in [1.29, 1.82) is 0 Å². The number of nitrogens with two attached hydrogens (primary N) is 1. The van der Waals surface area contributed by atoms with Crippen molar-refractivity contribution in [2.45, 2.75) is 44.0 Å². The van der Waals surface area contributed by atoms with Crippen molar-refractivity contribution in [3.05, 3.63) is 35.4 Å². The van der Waals surface area contributed by atoms with Crippen LogP contribution in [-0.2, 0) is 6.54 Å². The van der Waals surface area contributed by atoms with Crippen LogP contribution in [0.3, 0.4) is 0 Å². The van der Waals surface area contributed by atoms with Gasteiger partial charge in [0.1, 0.15) is 0 Å². The Balaban J connectivity index is 1.83. The van der Waals surface area contributed by atoms with Crippen molar-refractivity contribution in [3.8, 4) is 0 Å². The molecule has 0 radical (unpaired) electrons. The van der Waals surface area contributed by atoms with Gasteiger partial charge in [-0.1, -0.05) is 19.1 Å². The minimum Gasteiger partial charge on any atom is -0.366 e. The lowest BCUT2D eigenvalue weighted by molar-refractivity contribution is 0.1000. The topological polar surface area (TPSA) is 55.1 Å². The smallest absolute Gasteiger partial charge is 0.248 e. The van der Waals surface area contributed by atoms with Crippen LogP contribution in [0.25, 0.3) is 0 Å². The highest BCUT2D eigenvalue weighted by molar-refractivity contribution is 7.99. The van der Waals surface area contributed by atoms with E-state index in [0.29, 0.717) is 11.6 Å². The molecule has 1 aromatic carbocycles. The summed E-state index contributed by atoms with van der Waals surface area (Å²) in [5, 5.41) is 4.41. The molecule has 0 aromatic heterocycles. The monoisotopic (exact) mass is 278 g/mol. The summed E-state index contributed by atoms with van der Waals surface area (Å²) in [6, 6.07) is 8.17. The molecule has 0 aliphatic heterocycles. The molecule has 4 heteroatoms. The number of carbonyl (C=O) groups excluding carboxylic acids is 1. The summed E-state index contributed by atoms with van der Waals surface area (Å²) >= 11 is 2.07. The summed E-state index contributed by atoms with van der Waals surface area (Å²) in [6.07, 6.45) is 3.83. The van der Waals surface area contributed by atoms with Gasteiger partial charge in [0, 0.05) is 23.4 Å². The van der Waals surface area contributed by atoms with E-state index in [1.165, 1.54) is 25.0 Å². The van der Waals surface area contributed by atoms with Crippen molar-refractivity contribution in [1.82, 2.24) is 5.32 Å². The van der Waals surface area contributed by atoms with Crippen LogP contribution in [0.1, 0.15) is 42.1 Å². The fraction of sp³-hybridized carbons (Fsp3) is 0.533. The Morgan fingerprint density at radius 2 is 2.32 bits per heavy atom. The molecule has 0 saturated heterocycles. The molecule has 1 amide bonds. The van der Waals surface area contributed by atoms with Crippen molar-refractivity contribution in [2.24, 2.45) is 5.73 Å². The van der Waals surface area contributed by atoms with Crippen molar-refractivity contribution in [3.63, 3.8) is 0 Å². The van der Waals surface area contributed by atoms with Gasteiger partial charge in [-0.2, -0.15) is 11.8 Å². The van der Waals surface area contributed by atoms with Crippen LogP contribution in [-0.4, -0.2) is 23.0 Å². The van der Waals surface area contributed by atoms with Gasteiger partial charge < -0.3 is 11.1 Å². The van der Waals surface area contributed by atoms with Gasteiger partial charge in [0.15, 0.2) is 0 Å². The summed E-state index contributed by atoms with van der Waals surface area (Å²) in [6.45, 7) is 3.04. The van der Waals surface area contributed by atoms with E-state index in [4.69, 9.17) is 5.73 Å². The van der Waals surface area contributed by atoms with Crippen molar-refractivity contribution >= 4 is 17.7 Å². The summed E-state index contributed by atoms with van der Waals surface area (Å²) in [7, 11) is 0. The van der Waals surface area contributed by atoms with Gasteiger partial charge in [0.2, 0.25) is 5.91 Å². The highest BCUT2D eigenvalue weighted by Crippen LogP contribution is 2.29. The third-order valence-electron chi connectivity index (χ3n) is 3.59. The number of benzene rings is 1. The van der Waals surface area contributed by atoms with Crippen LogP contribution >= 0.6 is 11.8 Å². The molecule has 0 heterocycles. The van der Waals surface area contributed by atoms with Crippen LogP contribution in [0.15, 0.2) is 24.3 Å². The number of hydrogen-bond acceptors (Lipinski definition) is 3. The van der Waals surface area contributed by atoms with E-state index in [1.807, 2.05) is 18.2 Å². The van der Waals surface area contributed by atoms with Crippen LogP contribution in [0.4, 0.5) is 0 Å². The lowest BCUT2D eigenvalue weighted by atomic mass is 10.1. The molecule has 3 N–H and O–H groups in total. The molecule has 1 fully saturated rings. The molecule has 19 heavy (non-hydrogen) atoms. The van der Waals surface area contributed by atoms with Gasteiger partial charge in [0.05, 0.1) is 0 Å². The summed E-state index contributed by atoms with van der Waals surface area (Å²) < 4.78 is 0. The Hall–Kier alpha value is -1.00. The summed E-state index contributed by atoms with van der Waals surface area (Å²) in [5.41, 5.74) is 7.01. The molecule has 2 rings (SSSR count). The van der Waals surface area contributed by atoms with E-state index in [0.717, 1.165) is 17.4 Å². The van der Waals surface area contributed by atoms with E-state index in [1.54, 1.807) is 6.07 Å². The Morgan fingerprint density at radius 1 is 1.47 bits per heavy atom. The number of thioether (sulfide) groups is 1. The van der Waals surface area contributed by atoms with Crippen LogP contribution in [0.2, 0.25) is 0 Å². The highest BCUT2D eigenvalue weighted by atomic mass is 32.2. The number of amides is 1. The van der Waals surface area contributed by atoms with Gasteiger partial charge in [-0.3, -0.25) is 4.79 Å². The molecule has 2 atom stereocenters. The third kappa shape index (κ3) is 4.25. The lowest BCUT2D eigenvalue weighted by Gasteiger charge is -2.13. The van der Waals surface area contributed by atoms with Crippen molar-refractivity contribution in [2.75, 3.05) is 5.75 Å². The second kappa shape index (κ2) is 6.96. The van der Waals surface area contributed by atoms with Gasteiger partial charge in [-0.25, -0.2) is 0 Å². The zero-order chi connectivity index (χ0) is 13.7. The molecule has 2 unspecified atom stereocenters. The molecule has 1 saturated carbocycles. The Kier molecular flexibility index (Phi) is 5.28. The van der Waals surface area contributed by atoms with Gasteiger partial charge in [-0.05, 0) is 42.7 Å². The maximum Gasteiger partial charge on any atom is 0.248 e. The second-order valence-electron chi connectivity index (χ2n) is 5.03. The fourth-order valence-electron chi connectivity index (χ4n) is 2.61. The molecular weight excluding hydrogens is 256 g/mol. The normalized spacial score (nSPS) is 22.6. The van der Waals surface area contributed by atoms with E-state index < -0.39 is 0 Å². The second-order valence-corrected chi connectivity index (χ2v) is 6.61. The zero-order valence-electron chi connectivity index (χ0n) is 11.4.